The fourth-order valence-electron chi connectivity index (χ4n) is 7.43. The van der Waals surface area contributed by atoms with Gasteiger partial charge in [-0.05, 0) is 54.3 Å². The van der Waals surface area contributed by atoms with Gasteiger partial charge < -0.3 is 0 Å². The van der Waals surface area contributed by atoms with E-state index in [2.05, 4.69) is 20.8 Å². The van der Waals surface area contributed by atoms with Gasteiger partial charge in [-0.3, -0.25) is 0 Å². The molecule has 0 radical (unpaired) electrons. The SMILES string of the molecule is CC1CCCCC1(C1(C)CCCCC1)C1(C)CCCCC1. The van der Waals surface area contributed by atoms with Crippen molar-refractivity contribution in [1.29, 1.82) is 0 Å². The van der Waals surface area contributed by atoms with E-state index in [0.29, 0.717) is 16.2 Å². The summed E-state index contributed by atoms with van der Waals surface area (Å²) in [6.45, 7) is 8.07. The lowest BCUT2D eigenvalue weighted by molar-refractivity contribution is -0.164. The third-order valence-corrected chi connectivity index (χ3v) is 8.37. The van der Waals surface area contributed by atoms with Crippen molar-refractivity contribution in [2.24, 2.45) is 22.2 Å². The number of hydrogen-bond donors (Lipinski definition) is 0. The molecule has 0 N–H and O–H groups in total. The Hall–Kier alpha value is 0. The summed E-state index contributed by atoms with van der Waals surface area (Å²) in [5, 5.41) is 0. The third kappa shape index (κ3) is 2.40. The van der Waals surface area contributed by atoms with Gasteiger partial charge in [0.1, 0.15) is 0 Å². The summed E-state index contributed by atoms with van der Waals surface area (Å²) in [6.07, 6.45) is 21.1. The predicted octanol–water partition coefficient (Wildman–Crippen LogP) is 7.12. The standard InChI is InChI=1S/C21H38/c1-18-12-6-11-17-21(18,19(2)13-7-4-8-14-19)20(3)15-9-5-10-16-20/h18H,4-17H2,1-3H3. The molecule has 0 saturated heterocycles. The minimum Gasteiger partial charge on any atom is -0.0619 e. The average molecular weight is 291 g/mol. The van der Waals surface area contributed by atoms with E-state index in [1.54, 1.807) is 6.42 Å². The van der Waals surface area contributed by atoms with Crippen molar-refractivity contribution in [3.8, 4) is 0 Å². The van der Waals surface area contributed by atoms with E-state index in [4.69, 9.17) is 0 Å². The van der Waals surface area contributed by atoms with Gasteiger partial charge >= 0.3 is 0 Å². The lowest BCUT2D eigenvalue weighted by atomic mass is 9.39. The van der Waals surface area contributed by atoms with Gasteiger partial charge in [0.2, 0.25) is 0 Å². The molecule has 21 heavy (non-hydrogen) atoms. The third-order valence-electron chi connectivity index (χ3n) is 8.37. The minimum absolute atomic E-state index is 0.636. The van der Waals surface area contributed by atoms with E-state index < -0.39 is 0 Å². The molecule has 0 amide bonds. The highest BCUT2D eigenvalue weighted by Crippen LogP contribution is 2.69. The average Bonchev–Trinajstić information content (AvgIpc) is 2.49. The first-order valence-corrected chi connectivity index (χ1v) is 10.0. The fraction of sp³-hybridized carbons (Fsp3) is 1.00. The van der Waals surface area contributed by atoms with Crippen LogP contribution in [-0.2, 0) is 0 Å². The first-order valence-electron chi connectivity index (χ1n) is 10.0. The van der Waals surface area contributed by atoms with Crippen LogP contribution in [-0.4, -0.2) is 0 Å². The summed E-state index contributed by atoms with van der Waals surface area (Å²) in [5.74, 6) is 0.956. The lowest BCUT2D eigenvalue weighted by Gasteiger charge is -2.66. The molecule has 0 aromatic carbocycles. The van der Waals surface area contributed by atoms with E-state index in [1.165, 1.54) is 83.5 Å². The zero-order valence-corrected chi connectivity index (χ0v) is 15.0. The second-order valence-electron chi connectivity index (χ2n) is 9.36. The van der Waals surface area contributed by atoms with Crippen LogP contribution in [0.1, 0.15) is 111 Å². The fourth-order valence-corrected chi connectivity index (χ4v) is 7.43. The Balaban J connectivity index is 2.01. The van der Waals surface area contributed by atoms with Crippen molar-refractivity contribution in [2.45, 2.75) is 111 Å². The van der Waals surface area contributed by atoms with Crippen LogP contribution in [0, 0.1) is 22.2 Å². The molecule has 0 heteroatoms. The highest BCUT2D eigenvalue weighted by Gasteiger charge is 2.60. The van der Waals surface area contributed by atoms with Gasteiger partial charge in [0.05, 0.1) is 0 Å². The normalized spacial score (nSPS) is 35.3. The van der Waals surface area contributed by atoms with Crippen LogP contribution in [0.2, 0.25) is 0 Å². The second kappa shape index (κ2) is 5.89. The Kier molecular flexibility index (Phi) is 4.46. The molecule has 0 bridgehead atoms. The van der Waals surface area contributed by atoms with Gasteiger partial charge in [-0.15, -0.1) is 0 Å². The van der Waals surface area contributed by atoms with Crippen LogP contribution in [0.4, 0.5) is 0 Å². The molecule has 0 aromatic rings. The maximum atomic E-state index is 2.72. The highest BCUT2D eigenvalue weighted by atomic mass is 14.6. The summed E-state index contributed by atoms with van der Waals surface area (Å²) >= 11 is 0. The van der Waals surface area contributed by atoms with Gasteiger partial charge in [0.15, 0.2) is 0 Å². The van der Waals surface area contributed by atoms with E-state index in [-0.39, 0.29) is 0 Å². The lowest BCUT2D eigenvalue weighted by Crippen LogP contribution is -2.57. The Bertz CT molecular complexity index is 317. The first-order chi connectivity index (χ1) is 10.0. The molecule has 1 unspecified atom stereocenters. The summed E-state index contributed by atoms with van der Waals surface area (Å²) in [4.78, 5) is 0. The van der Waals surface area contributed by atoms with Gasteiger partial charge in [0.25, 0.3) is 0 Å². The van der Waals surface area contributed by atoms with Crippen LogP contribution >= 0.6 is 0 Å². The number of rotatable bonds is 2. The van der Waals surface area contributed by atoms with Crippen molar-refractivity contribution in [3.63, 3.8) is 0 Å². The van der Waals surface area contributed by atoms with Crippen molar-refractivity contribution in [3.05, 3.63) is 0 Å². The summed E-state index contributed by atoms with van der Waals surface area (Å²) in [7, 11) is 0. The topological polar surface area (TPSA) is 0 Å². The van der Waals surface area contributed by atoms with Crippen LogP contribution in [0.3, 0.4) is 0 Å². The molecule has 0 nitrogen and oxygen atoms in total. The maximum absolute atomic E-state index is 2.72. The van der Waals surface area contributed by atoms with Crippen LogP contribution in [0.15, 0.2) is 0 Å². The van der Waals surface area contributed by atoms with Gasteiger partial charge in [-0.2, -0.15) is 0 Å². The molecule has 3 aliphatic rings. The molecule has 3 saturated carbocycles. The Labute approximate surface area is 133 Å². The molecule has 0 aliphatic heterocycles. The highest BCUT2D eigenvalue weighted by molar-refractivity contribution is 5.09. The van der Waals surface area contributed by atoms with E-state index in [0.717, 1.165) is 5.92 Å². The zero-order valence-electron chi connectivity index (χ0n) is 15.0. The maximum Gasteiger partial charge on any atom is -0.0164 e. The Morgan fingerprint density at radius 1 is 0.571 bits per heavy atom. The molecular weight excluding hydrogens is 252 g/mol. The van der Waals surface area contributed by atoms with Gasteiger partial charge in [0, 0.05) is 0 Å². The molecule has 122 valence electrons. The zero-order chi connectivity index (χ0) is 15.0. The van der Waals surface area contributed by atoms with Crippen molar-refractivity contribution < 1.29 is 0 Å². The Morgan fingerprint density at radius 3 is 1.43 bits per heavy atom. The molecular formula is C21H38. The molecule has 0 aromatic heterocycles. The molecule has 0 spiro atoms. The van der Waals surface area contributed by atoms with Crippen molar-refractivity contribution in [2.75, 3.05) is 0 Å². The Morgan fingerprint density at radius 2 is 1.00 bits per heavy atom. The van der Waals surface area contributed by atoms with Crippen LogP contribution in [0.5, 0.6) is 0 Å². The quantitative estimate of drug-likeness (QED) is 0.507. The van der Waals surface area contributed by atoms with E-state index >= 15 is 0 Å². The van der Waals surface area contributed by atoms with E-state index in [1.807, 2.05) is 0 Å². The molecule has 0 heterocycles. The largest absolute Gasteiger partial charge is 0.0619 e. The van der Waals surface area contributed by atoms with Crippen LogP contribution in [0.25, 0.3) is 0 Å². The summed E-state index contributed by atoms with van der Waals surface area (Å²) < 4.78 is 0. The monoisotopic (exact) mass is 290 g/mol. The number of hydrogen-bond acceptors (Lipinski definition) is 0. The summed E-state index contributed by atoms with van der Waals surface area (Å²) in [6, 6.07) is 0. The van der Waals surface area contributed by atoms with E-state index in [9.17, 15) is 0 Å². The van der Waals surface area contributed by atoms with Crippen LogP contribution < -0.4 is 0 Å². The molecule has 3 rings (SSSR count). The van der Waals surface area contributed by atoms with Gasteiger partial charge in [-0.25, -0.2) is 0 Å². The molecule has 3 aliphatic carbocycles. The smallest absolute Gasteiger partial charge is 0.0164 e. The van der Waals surface area contributed by atoms with Crippen molar-refractivity contribution in [1.82, 2.24) is 0 Å². The van der Waals surface area contributed by atoms with Crippen molar-refractivity contribution >= 4 is 0 Å². The van der Waals surface area contributed by atoms with Gasteiger partial charge in [-0.1, -0.05) is 78.6 Å². The minimum atomic E-state index is 0.636. The first kappa shape index (κ1) is 15.9. The second-order valence-corrected chi connectivity index (χ2v) is 9.36. The molecule has 1 atom stereocenters. The molecule has 3 fully saturated rings. The predicted molar refractivity (Wildman–Crippen MR) is 92.4 cm³/mol. The summed E-state index contributed by atoms with van der Waals surface area (Å²) in [5.41, 5.74) is 1.92.